The molecule has 0 saturated carbocycles. The molecule has 0 amide bonds. The first-order chi connectivity index (χ1) is 26.6. The molecule has 2 heteroatoms. The molecule has 0 bridgehead atoms. The molecular formula is C52H44N2. The maximum Gasteiger partial charge on any atom is 0.0560 e. The Kier molecular flexibility index (Phi) is 8.60. The molecule has 262 valence electrons. The van der Waals surface area contributed by atoms with Gasteiger partial charge in [-0.1, -0.05) is 135 Å². The number of benzene rings is 6. The van der Waals surface area contributed by atoms with Crippen molar-refractivity contribution in [2.24, 2.45) is 0 Å². The largest absolute Gasteiger partial charge is 0.333 e. The number of fused-ring (bicyclic) bond motifs is 9. The van der Waals surface area contributed by atoms with Crippen LogP contribution in [0.25, 0.3) is 83.7 Å². The van der Waals surface area contributed by atoms with Gasteiger partial charge < -0.3 is 9.13 Å². The van der Waals surface area contributed by atoms with Gasteiger partial charge in [-0.05, 0) is 119 Å². The van der Waals surface area contributed by atoms with E-state index in [9.17, 15) is 0 Å². The number of hydrogen-bond donors (Lipinski definition) is 0. The van der Waals surface area contributed by atoms with Crippen LogP contribution in [0.2, 0.25) is 0 Å². The van der Waals surface area contributed by atoms with Crippen molar-refractivity contribution in [3.8, 4) is 5.69 Å². The Morgan fingerprint density at radius 1 is 0.667 bits per heavy atom. The molecule has 6 aromatic carbocycles. The summed E-state index contributed by atoms with van der Waals surface area (Å²) >= 11 is 0. The SMILES string of the molecule is C/C=C\C.C=Cc1c(C=C)n(-c2ccc3ccccc3c2)c2ccc(C3=CCC(n4c5ccc6c(c5c5c7ccccc7ccc54)C=CCC6)C=C3)cc12. The van der Waals surface area contributed by atoms with Crippen molar-refractivity contribution in [1.29, 1.82) is 0 Å². The molecular weight excluding hydrogens is 653 g/mol. The Labute approximate surface area is 317 Å². The number of rotatable bonds is 5. The Balaban J connectivity index is 0.000000918. The van der Waals surface area contributed by atoms with Gasteiger partial charge in [0.2, 0.25) is 0 Å². The molecule has 0 spiro atoms. The van der Waals surface area contributed by atoms with Crippen molar-refractivity contribution in [2.45, 2.75) is 39.2 Å². The van der Waals surface area contributed by atoms with E-state index in [1.165, 1.54) is 71.0 Å². The van der Waals surface area contributed by atoms with Crippen molar-refractivity contribution in [1.82, 2.24) is 9.13 Å². The van der Waals surface area contributed by atoms with E-state index in [1.807, 2.05) is 38.2 Å². The highest BCUT2D eigenvalue weighted by Gasteiger charge is 2.23. The van der Waals surface area contributed by atoms with Crippen LogP contribution in [0.15, 0.2) is 159 Å². The Morgan fingerprint density at radius 2 is 1.41 bits per heavy atom. The highest BCUT2D eigenvalue weighted by Crippen LogP contribution is 2.43. The molecule has 10 rings (SSSR count). The van der Waals surface area contributed by atoms with E-state index in [0.29, 0.717) is 0 Å². The van der Waals surface area contributed by atoms with Crippen molar-refractivity contribution < 1.29 is 0 Å². The van der Waals surface area contributed by atoms with Gasteiger partial charge in [0.1, 0.15) is 0 Å². The van der Waals surface area contributed by atoms with Crippen LogP contribution >= 0.6 is 0 Å². The van der Waals surface area contributed by atoms with E-state index in [-0.39, 0.29) is 6.04 Å². The van der Waals surface area contributed by atoms with Crippen LogP contribution in [0.5, 0.6) is 0 Å². The van der Waals surface area contributed by atoms with Crippen LogP contribution < -0.4 is 0 Å². The van der Waals surface area contributed by atoms with Gasteiger partial charge in [-0.3, -0.25) is 0 Å². The van der Waals surface area contributed by atoms with Gasteiger partial charge in [-0.25, -0.2) is 0 Å². The second-order valence-electron chi connectivity index (χ2n) is 14.3. The van der Waals surface area contributed by atoms with Crippen LogP contribution in [-0.2, 0) is 6.42 Å². The fourth-order valence-corrected chi connectivity index (χ4v) is 8.71. The first kappa shape index (κ1) is 33.5. The summed E-state index contributed by atoms with van der Waals surface area (Å²) in [7, 11) is 0. The maximum atomic E-state index is 4.23. The second-order valence-corrected chi connectivity index (χ2v) is 14.3. The van der Waals surface area contributed by atoms with Crippen LogP contribution in [0, 0.1) is 0 Å². The van der Waals surface area contributed by atoms with Crippen molar-refractivity contribution in [3.63, 3.8) is 0 Å². The highest BCUT2D eigenvalue weighted by molar-refractivity contribution is 6.23. The molecule has 2 nitrogen and oxygen atoms in total. The van der Waals surface area contributed by atoms with Gasteiger partial charge in [0, 0.05) is 27.4 Å². The fraction of sp³-hybridized carbons (Fsp3) is 0.115. The van der Waals surface area contributed by atoms with E-state index in [2.05, 4.69) is 162 Å². The fourth-order valence-electron chi connectivity index (χ4n) is 8.71. The highest BCUT2D eigenvalue weighted by atomic mass is 15.0. The van der Waals surface area contributed by atoms with Crippen molar-refractivity contribution in [2.75, 3.05) is 0 Å². The summed E-state index contributed by atoms with van der Waals surface area (Å²) in [4.78, 5) is 0. The molecule has 2 aliphatic rings. The lowest BCUT2D eigenvalue weighted by Crippen LogP contribution is -2.08. The molecule has 8 aromatic rings. The third-order valence-corrected chi connectivity index (χ3v) is 11.4. The minimum atomic E-state index is 0.222. The summed E-state index contributed by atoms with van der Waals surface area (Å²) in [5, 5.41) is 9.03. The summed E-state index contributed by atoms with van der Waals surface area (Å²) in [5.74, 6) is 0. The van der Waals surface area contributed by atoms with Gasteiger partial charge in [0.05, 0.1) is 28.3 Å². The first-order valence-corrected chi connectivity index (χ1v) is 19.2. The summed E-state index contributed by atoms with van der Waals surface area (Å²) < 4.78 is 4.90. The molecule has 2 heterocycles. The van der Waals surface area contributed by atoms with E-state index in [4.69, 9.17) is 0 Å². The van der Waals surface area contributed by atoms with E-state index in [0.717, 1.165) is 41.7 Å². The molecule has 1 atom stereocenters. The zero-order valence-corrected chi connectivity index (χ0v) is 31.1. The van der Waals surface area contributed by atoms with Gasteiger partial charge in [0.25, 0.3) is 0 Å². The Bertz CT molecular complexity index is 2910. The van der Waals surface area contributed by atoms with E-state index < -0.39 is 0 Å². The van der Waals surface area contributed by atoms with Crippen LogP contribution in [0.3, 0.4) is 0 Å². The minimum absolute atomic E-state index is 0.222. The third-order valence-electron chi connectivity index (χ3n) is 11.4. The lowest BCUT2D eigenvalue weighted by molar-refractivity contribution is 0.649. The lowest BCUT2D eigenvalue weighted by atomic mass is 9.92. The molecule has 0 saturated heterocycles. The van der Waals surface area contributed by atoms with Gasteiger partial charge in [-0.15, -0.1) is 0 Å². The van der Waals surface area contributed by atoms with Gasteiger partial charge >= 0.3 is 0 Å². The van der Waals surface area contributed by atoms with E-state index in [1.54, 1.807) is 0 Å². The molecule has 0 N–H and O–H groups in total. The maximum absolute atomic E-state index is 4.23. The molecule has 0 fully saturated rings. The first-order valence-electron chi connectivity index (χ1n) is 19.2. The molecule has 54 heavy (non-hydrogen) atoms. The molecule has 0 radical (unpaired) electrons. The summed E-state index contributed by atoms with van der Waals surface area (Å²) in [6, 6.07) is 40.5. The Morgan fingerprint density at radius 3 is 2.19 bits per heavy atom. The zero-order valence-electron chi connectivity index (χ0n) is 31.1. The average molecular weight is 697 g/mol. The second kappa shape index (κ2) is 13.9. The number of nitrogens with zero attached hydrogens (tertiary/aromatic N) is 2. The van der Waals surface area contributed by atoms with Crippen molar-refractivity contribution >= 4 is 78.1 Å². The quantitative estimate of drug-likeness (QED) is 0.159. The normalized spacial score (nSPS) is 15.2. The summed E-state index contributed by atoms with van der Waals surface area (Å²) in [6.45, 7) is 12.4. The Hall–Kier alpha value is -6.38. The third kappa shape index (κ3) is 5.41. The minimum Gasteiger partial charge on any atom is -0.333 e. The predicted molar refractivity (Wildman–Crippen MR) is 237 cm³/mol. The number of aromatic nitrogens is 2. The molecule has 0 aliphatic heterocycles. The van der Waals surface area contributed by atoms with Crippen LogP contribution in [0.4, 0.5) is 0 Å². The molecule has 1 unspecified atom stereocenters. The monoisotopic (exact) mass is 696 g/mol. The van der Waals surface area contributed by atoms with Crippen LogP contribution in [0.1, 0.15) is 60.7 Å². The average Bonchev–Trinajstić information content (AvgIpc) is 3.76. The standard InChI is InChI=1S/C48H36N2.C4H8/c1-3-39-42-30-36(22-26-44(42)50(43(39)4-2)38-25-19-31-11-5-6-14-35(31)29-38)32-17-23-37(24-18-32)49-45-27-20-33-12-7-9-15-40(33)47(45)48-41-16-10-8-13-34(41)21-28-46(48)49;1-3-4-2/h3-7,9-12,14-23,25-30,37H,1-2,8,13,24H2;3-4H,1-2H3/b;4-3-. The van der Waals surface area contributed by atoms with Gasteiger partial charge in [0.15, 0.2) is 0 Å². The predicted octanol–water partition coefficient (Wildman–Crippen LogP) is 14.5. The lowest BCUT2D eigenvalue weighted by Gasteiger charge is -2.21. The smallest absolute Gasteiger partial charge is 0.0560 e. The zero-order chi connectivity index (χ0) is 36.8. The molecule has 2 aliphatic carbocycles. The number of aryl methyl sites for hydroxylation is 1. The number of allylic oxidation sites excluding steroid dienone is 7. The summed E-state index contributed by atoms with van der Waals surface area (Å²) in [6.07, 6.45) is 22.9. The van der Waals surface area contributed by atoms with Crippen molar-refractivity contribution in [3.05, 3.63) is 187 Å². The van der Waals surface area contributed by atoms with Crippen LogP contribution in [-0.4, -0.2) is 9.13 Å². The summed E-state index contributed by atoms with van der Waals surface area (Å²) in [5.41, 5.74) is 12.4. The number of hydrogen-bond acceptors (Lipinski definition) is 0. The molecule has 2 aromatic heterocycles. The van der Waals surface area contributed by atoms with Gasteiger partial charge in [-0.2, -0.15) is 0 Å². The topological polar surface area (TPSA) is 9.86 Å². The van der Waals surface area contributed by atoms with E-state index >= 15 is 0 Å².